The van der Waals surface area contributed by atoms with Crippen molar-refractivity contribution in [3.8, 4) is 0 Å². The first-order chi connectivity index (χ1) is 19.6. The van der Waals surface area contributed by atoms with Crippen LogP contribution in [0.2, 0.25) is 0 Å². The molecule has 6 nitrogen and oxygen atoms in total. The van der Waals surface area contributed by atoms with E-state index < -0.39 is 11.5 Å². The molecule has 2 N–H and O–H groups in total. The van der Waals surface area contributed by atoms with Crippen molar-refractivity contribution in [3.63, 3.8) is 0 Å². The van der Waals surface area contributed by atoms with Gasteiger partial charge in [-0.2, -0.15) is 0 Å². The van der Waals surface area contributed by atoms with Crippen LogP contribution in [0, 0.1) is 0 Å². The van der Waals surface area contributed by atoms with Crippen molar-refractivity contribution in [2.75, 3.05) is 23.8 Å². The molecule has 0 atom stereocenters. The Kier molecular flexibility index (Phi) is 6.66. The van der Waals surface area contributed by atoms with E-state index in [0.717, 1.165) is 39.5 Å². The number of nitrogens with zero attached hydrogens (tertiary/aromatic N) is 3. The Morgan fingerprint density at radius 3 is 2.00 bits per heavy atom. The van der Waals surface area contributed by atoms with E-state index in [2.05, 4.69) is 88.7 Å². The molecule has 0 radical (unpaired) electrons. The lowest BCUT2D eigenvalue weighted by Gasteiger charge is -2.38. The SMILES string of the molecule is CN1CC(C(=O)O)=Cc2ccc(CNc3nccn3C(c3ccccc3)(c3ccccc3)c3ccccc3)cc21. The number of benzene rings is 4. The standard InChI is InChI=1S/C34H30N4O2/c1-37-24-27(32(39)40)22-26-18-17-25(21-31(26)37)23-36-33-35-19-20-38(33)34(28-11-5-2-6-12-28,29-13-7-3-8-14-29)30-15-9-4-10-16-30/h2-22H,23-24H2,1H3,(H,35,36)(H,39,40). The third-order valence-corrected chi connectivity index (χ3v) is 7.55. The molecule has 1 aliphatic rings. The monoisotopic (exact) mass is 526 g/mol. The van der Waals surface area contributed by atoms with Crippen LogP contribution in [0.25, 0.3) is 6.08 Å². The highest BCUT2D eigenvalue weighted by Gasteiger charge is 2.39. The van der Waals surface area contributed by atoms with Gasteiger partial charge in [-0.15, -0.1) is 0 Å². The summed E-state index contributed by atoms with van der Waals surface area (Å²) in [5.41, 5.74) is 6.13. The van der Waals surface area contributed by atoms with E-state index in [1.54, 1.807) is 6.08 Å². The van der Waals surface area contributed by atoms with E-state index in [0.29, 0.717) is 18.7 Å². The Balaban J connectivity index is 1.42. The fourth-order valence-electron chi connectivity index (χ4n) is 5.70. The molecule has 40 heavy (non-hydrogen) atoms. The predicted octanol–water partition coefficient (Wildman–Crippen LogP) is 6.25. The maximum Gasteiger partial charge on any atom is 0.333 e. The molecule has 0 bridgehead atoms. The van der Waals surface area contributed by atoms with E-state index in [1.807, 2.05) is 54.7 Å². The summed E-state index contributed by atoms with van der Waals surface area (Å²) in [6.45, 7) is 0.930. The van der Waals surface area contributed by atoms with Gasteiger partial charge in [0.25, 0.3) is 0 Å². The van der Waals surface area contributed by atoms with E-state index >= 15 is 0 Å². The molecule has 1 aliphatic heterocycles. The molecule has 5 aromatic rings. The number of aliphatic carboxylic acids is 1. The molecule has 0 aliphatic carbocycles. The van der Waals surface area contributed by atoms with Gasteiger partial charge in [-0.05, 0) is 40.0 Å². The van der Waals surface area contributed by atoms with Crippen LogP contribution in [0.3, 0.4) is 0 Å². The highest BCUT2D eigenvalue weighted by atomic mass is 16.4. The van der Waals surface area contributed by atoms with Gasteiger partial charge in [-0.1, -0.05) is 103 Å². The second-order valence-corrected chi connectivity index (χ2v) is 10.0. The van der Waals surface area contributed by atoms with Gasteiger partial charge < -0.3 is 15.3 Å². The third kappa shape index (κ3) is 4.43. The van der Waals surface area contributed by atoms with Crippen LogP contribution in [0.4, 0.5) is 11.6 Å². The Bertz CT molecular complexity index is 1560. The van der Waals surface area contributed by atoms with Gasteiger partial charge in [0.2, 0.25) is 5.95 Å². The highest BCUT2D eigenvalue weighted by Crippen LogP contribution is 2.42. The molecular weight excluding hydrogens is 496 g/mol. The molecule has 198 valence electrons. The average molecular weight is 527 g/mol. The molecule has 0 amide bonds. The van der Waals surface area contributed by atoms with Crippen molar-refractivity contribution < 1.29 is 9.90 Å². The molecular formula is C34H30N4O2. The van der Waals surface area contributed by atoms with Crippen LogP contribution >= 0.6 is 0 Å². The van der Waals surface area contributed by atoms with E-state index in [4.69, 9.17) is 4.98 Å². The first kappa shape index (κ1) is 25.2. The van der Waals surface area contributed by atoms with Gasteiger partial charge >= 0.3 is 5.97 Å². The summed E-state index contributed by atoms with van der Waals surface area (Å²) in [6, 6.07) is 37.7. The van der Waals surface area contributed by atoms with E-state index in [-0.39, 0.29) is 0 Å². The zero-order valence-electron chi connectivity index (χ0n) is 22.2. The maximum atomic E-state index is 11.5. The predicted molar refractivity (Wildman–Crippen MR) is 159 cm³/mol. The Hall–Kier alpha value is -5.10. The molecule has 6 rings (SSSR count). The maximum absolute atomic E-state index is 11.5. The zero-order chi connectivity index (χ0) is 27.5. The lowest BCUT2D eigenvalue weighted by Crippen LogP contribution is -2.38. The van der Waals surface area contributed by atoms with Crippen LogP contribution in [0.15, 0.2) is 127 Å². The van der Waals surface area contributed by atoms with Gasteiger partial charge in [0.05, 0.1) is 5.57 Å². The first-order valence-electron chi connectivity index (χ1n) is 13.3. The molecule has 2 heterocycles. The largest absolute Gasteiger partial charge is 0.478 e. The van der Waals surface area contributed by atoms with Crippen molar-refractivity contribution in [2.24, 2.45) is 0 Å². The van der Waals surface area contributed by atoms with Gasteiger partial charge in [0, 0.05) is 38.2 Å². The van der Waals surface area contributed by atoms with Gasteiger partial charge in [0.15, 0.2) is 0 Å². The summed E-state index contributed by atoms with van der Waals surface area (Å²) in [6.07, 6.45) is 5.63. The molecule has 1 aromatic heterocycles. The molecule has 0 unspecified atom stereocenters. The minimum absolute atomic E-state index is 0.372. The Morgan fingerprint density at radius 2 is 1.45 bits per heavy atom. The van der Waals surface area contributed by atoms with Gasteiger partial charge in [-0.25, -0.2) is 9.78 Å². The summed E-state index contributed by atoms with van der Waals surface area (Å²) < 4.78 is 2.22. The van der Waals surface area contributed by atoms with Gasteiger partial charge in [0.1, 0.15) is 5.54 Å². The quantitative estimate of drug-likeness (QED) is 0.234. The number of nitrogens with one attached hydrogen (secondary N) is 1. The molecule has 4 aromatic carbocycles. The number of imidazole rings is 1. The number of carbonyl (C=O) groups is 1. The number of carboxylic acids is 1. The first-order valence-corrected chi connectivity index (χ1v) is 13.3. The van der Waals surface area contributed by atoms with Crippen LogP contribution in [0.1, 0.15) is 27.8 Å². The van der Waals surface area contributed by atoms with Crippen LogP contribution in [0.5, 0.6) is 0 Å². The number of carboxylic acid groups (broad SMARTS) is 1. The number of hydrogen-bond acceptors (Lipinski definition) is 4. The number of aromatic nitrogens is 2. The van der Waals surface area contributed by atoms with E-state index in [9.17, 15) is 9.90 Å². The average Bonchev–Trinajstić information content (AvgIpc) is 3.47. The molecule has 0 saturated heterocycles. The van der Waals surface area contributed by atoms with Gasteiger partial charge in [-0.3, -0.25) is 4.57 Å². The zero-order valence-corrected chi connectivity index (χ0v) is 22.2. The Morgan fingerprint density at radius 1 is 0.875 bits per heavy atom. The van der Waals surface area contributed by atoms with Crippen molar-refractivity contribution in [1.29, 1.82) is 0 Å². The topological polar surface area (TPSA) is 70.4 Å². The number of rotatable bonds is 8. The fourth-order valence-corrected chi connectivity index (χ4v) is 5.70. The third-order valence-electron chi connectivity index (χ3n) is 7.55. The summed E-state index contributed by atoms with van der Waals surface area (Å²) in [7, 11) is 1.92. The fraction of sp³-hybridized carbons (Fsp3) is 0.118. The normalized spacial score (nSPS) is 12.9. The van der Waals surface area contributed by atoms with Crippen molar-refractivity contribution >= 4 is 23.7 Å². The van der Waals surface area contributed by atoms with Crippen molar-refractivity contribution in [1.82, 2.24) is 9.55 Å². The summed E-state index contributed by atoms with van der Waals surface area (Å²) in [5, 5.41) is 13.0. The number of fused-ring (bicyclic) bond motifs is 1. The summed E-state index contributed by atoms with van der Waals surface area (Å²) in [5.74, 6) is -0.135. The molecule has 0 saturated carbocycles. The smallest absolute Gasteiger partial charge is 0.333 e. The molecule has 6 heteroatoms. The van der Waals surface area contributed by atoms with E-state index in [1.165, 1.54) is 0 Å². The summed E-state index contributed by atoms with van der Waals surface area (Å²) >= 11 is 0. The molecule has 0 spiro atoms. The minimum atomic E-state index is -0.881. The van der Waals surface area contributed by atoms with Crippen LogP contribution in [-0.2, 0) is 16.9 Å². The second kappa shape index (κ2) is 10.6. The highest BCUT2D eigenvalue weighted by molar-refractivity contribution is 5.96. The number of likely N-dealkylation sites (N-methyl/N-ethyl adjacent to an activating group) is 1. The summed E-state index contributed by atoms with van der Waals surface area (Å²) in [4.78, 5) is 18.3. The van der Waals surface area contributed by atoms with Crippen molar-refractivity contribution in [2.45, 2.75) is 12.1 Å². The minimum Gasteiger partial charge on any atom is -0.478 e. The molecule has 0 fully saturated rings. The Labute approximate surface area is 233 Å². The second-order valence-electron chi connectivity index (χ2n) is 10.0. The van der Waals surface area contributed by atoms with Crippen LogP contribution < -0.4 is 10.2 Å². The van der Waals surface area contributed by atoms with Crippen LogP contribution in [-0.4, -0.2) is 34.2 Å². The van der Waals surface area contributed by atoms with Crippen molar-refractivity contribution in [3.05, 3.63) is 155 Å². The lowest BCUT2D eigenvalue weighted by molar-refractivity contribution is -0.132. The number of hydrogen-bond donors (Lipinski definition) is 2. The number of anilines is 2. The lowest BCUT2D eigenvalue weighted by atomic mass is 9.76.